The van der Waals surface area contributed by atoms with E-state index in [0.717, 1.165) is 15.1 Å². The van der Waals surface area contributed by atoms with E-state index in [9.17, 15) is 0 Å². The molecule has 4 rings (SSSR count). The third kappa shape index (κ3) is 2.18. The lowest BCUT2D eigenvalue weighted by Gasteiger charge is -2.21. The van der Waals surface area contributed by atoms with Gasteiger partial charge in [0.2, 0.25) is 0 Å². The minimum Gasteiger partial charge on any atom is -0.0843 e. The molecule has 0 amide bonds. The molecule has 0 radical (unpaired) electrons. The molecule has 0 fully saturated rings. The lowest BCUT2D eigenvalue weighted by Crippen LogP contribution is -2.14. The van der Waals surface area contributed by atoms with Crippen LogP contribution in [0.5, 0.6) is 0 Å². The van der Waals surface area contributed by atoms with Gasteiger partial charge in [-0.1, -0.05) is 83.8 Å². The summed E-state index contributed by atoms with van der Waals surface area (Å²) in [6, 6.07) is 21.3. The fourth-order valence-electron chi connectivity index (χ4n) is 3.68. The Balaban J connectivity index is 2.09. The first kappa shape index (κ1) is 15.0. The topological polar surface area (TPSA) is 0 Å². The Hall–Kier alpha value is -1.57. The molecule has 0 heterocycles. The van der Waals surface area contributed by atoms with Gasteiger partial charge in [0.15, 0.2) is 0 Å². The van der Waals surface area contributed by atoms with E-state index >= 15 is 0 Å². The molecule has 0 nitrogen and oxygen atoms in total. The molecule has 0 aromatic heterocycles. The summed E-state index contributed by atoms with van der Waals surface area (Å²) in [5, 5.41) is 0.756. The van der Waals surface area contributed by atoms with E-state index in [1.807, 2.05) is 18.2 Å². The van der Waals surface area contributed by atoms with Crippen LogP contribution in [0.4, 0.5) is 0 Å². The Labute approximate surface area is 150 Å². The monoisotopic (exact) mass is 382 g/mol. The predicted octanol–water partition coefficient (Wildman–Crippen LogP) is 7.08. The second-order valence-corrected chi connectivity index (χ2v) is 7.81. The highest BCUT2D eigenvalue weighted by molar-refractivity contribution is 9.10. The maximum atomic E-state index is 6.25. The van der Waals surface area contributed by atoms with Gasteiger partial charge in [0.05, 0.1) is 0 Å². The second-order valence-electron chi connectivity index (χ2n) is 6.52. The third-order valence-corrected chi connectivity index (χ3v) is 5.75. The Morgan fingerprint density at radius 1 is 0.783 bits per heavy atom. The molecule has 0 saturated carbocycles. The average Bonchev–Trinajstić information content (AvgIpc) is 2.79. The van der Waals surface area contributed by atoms with Gasteiger partial charge in [0, 0.05) is 14.9 Å². The summed E-state index contributed by atoms with van der Waals surface area (Å²) >= 11 is 9.94. The maximum Gasteiger partial charge on any atom is 0.0412 e. The molecule has 0 atom stereocenters. The molecule has 0 bridgehead atoms. The van der Waals surface area contributed by atoms with Crippen molar-refractivity contribution in [1.82, 2.24) is 0 Å². The molecule has 0 N–H and O–H groups in total. The van der Waals surface area contributed by atoms with Crippen LogP contribution >= 0.6 is 27.5 Å². The molecule has 0 aliphatic heterocycles. The molecule has 1 aliphatic carbocycles. The van der Waals surface area contributed by atoms with Crippen molar-refractivity contribution in [3.63, 3.8) is 0 Å². The van der Waals surface area contributed by atoms with Crippen LogP contribution in [0.15, 0.2) is 65.1 Å². The van der Waals surface area contributed by atoms with Crippen LogP contribution in [0, 0.1) is 0 Å². The van der Waals surface area contributed by atoms with E-state index < -0.39 is 0 Å². The van der Waals surface area contributed by atoms with Crippen LogP contribution in [0.2, 0.25) is 5.02 Å². The van der Waals surface area contributed by atoms with Crippen molar-refractivity contribution in [2.24, 2.45) is 0 Å². The Bertz CT molecular complexity index is 925. The third-order valence-electron chi connectivity index (χ3n) is 4.83. The minimum atomic E-state index is 0.0208. The van der Waals surface area contributed by atoms with Gasteiger partial charge in [-0.05, 0) is 51.6 Å². The molecule has 0 unspecified atom stereocenters. The van der Waals surface area contributed by atoms with E-state index in [1.165, 1.54) is 27.8 Å². The van der Waals surface area contributed by atoms with Crippen molar-refractivity contribution in [2.75, 3.05) is 0 Å². The quantitative estimate of drug-likeness (QED) is 0.421. The highest BCUT2D eigenvalue weighted by atomic mass is 79.9. The minimum absolute atomic E-state index is 0.0208. The number of hydrogen-bond acceptors (Lipinski definition) is 0. The van der Waals surface area contributed by atoms with Gasteiger partial charge in [-0.15, -0.1) is 0 Å². The van der Waals surface area contributed by atoms with E-state index in [-0.39, 0.29) is 5.41 Å². The molecule has 0 spiro atoms. The van der Waals surface area contributed by atoms with Gasteiger partial charge in [0.25, 0.3) is 0 Å². The van der Waals surface area contributed by atoms with Crippen molar-refractivity contribution in [2.45, 2.75) is 19.3 Å². The van der Waals surface area contributed by atoms with Gasteiger partial charge in [0.1, 0.15) is 0 Å². The van der Waals surface area contributed by atoms with E-state index in [4.69, 9.17) is 11.6 Å². The van der Waals surface area contributed by atoms with Gasteiger partial charge >= 0.3 is 0 Å². The standard InChI is InChI=1S/C21H16BrCl/c1-21(2)17-8-4-3-6-15(17)20-14(7-5-9-18(20)21)16-12-13(23)10-11-19(16)22/h3-12H,1-2H3. The van der Waals surface area contributed by atoms with Crippen LogP contribution < -0.4 is 0 Å². The van der Waals surface area contributed by atoms with Crippen LogP contribution in [0.3, 0.4) is 0 Å². The largest absolute Gasteiger partial charge is 0.0843 e. The highest BCUT2D eigenvalue weighted by Crippen LogP contribution is 2.52. The lowest BCUT2D eigenvalue weighted by atomic mass is 9.82. The normalized spacial score (nSPS) is 14.4. The van der Waals surface area contributed by atoms with Crippen LogP contribution in [-0.2, 0) is 5.41 Å². The molecule has 3 aromatic rings. The summed E-state index contributed by atoms with van der Waals surface area (Å²) in [6.45, 7) is 4.60. The van der Waals surface area contributed by atoms with Crippen molar-refractivity contribution in [3.8, 4) is 22.3 Å². The summed E-state index contributed by atoms with van der Waals surface area (Å²) in [7, 11) is 0. The van der Waals surface area contributed by atoms with E-state index in [2.05, 4.69) is 72.2 Å². The SMILES string of the molecule is CC1(C)c2ccccc2-c2c(-c3cc(Cl)ccc3Br)cccc21. The summed E-state index contributed by atoms with van der Waals surface area (Å²) in [6.07, 6.45) is 0. The molecule has 2 heteroatoms. The molecule has 3 aromatic carbocycles. The highest BCUT2D eigenvalue weighted by Gasteiger charge is 2.36. The number of halogens is 2. The Morgan fingerprint density at radius 3 is 2.30 bits per heavy atom. The lowest BCUT2D eigenvalue weighted by molar-refractivity contribution is 0.660. The number of rotatable bonds is 1. The molecule has 23 heavy (non-hydrogen) atoms. The summed E-state index contributed by atoms with van der Waals surface area (Å²) in [4.78, 5) is 0. The fourth-order valence-corrected chi connectivity index (χ4v) is 4.32. The molecular formula is C21H16BrCl. The first-order valence-corrected chi connectivity index (χ1v) is 8.86. The van der Waals surface area contributed by atoms with Crippen molar-refractivity contribution >= 4 is 27.5 Å². The second kappa shape index (κ2) is 5.22. The van der Waals surface area contributed by atoms with Crippen molar-refractivity contribution in [1.29, 1.82) is 0 Å². The molecule has 0 saturated heterocycles. The number of benzene rings is 3. The van der Waals surface area contributed by atoms with Gasteiger partial charge < -0.3 is 0 Å². The van der Waals surface area contributed by atoms with Crippen LogP contribution in [0.1, 0.15) is 25.0 Å². The first-order valence-electron chi connectivity index (χ1n) is 7.69. The molecular weight excluding hydrogens is 368 g/mol. The van der Waals surface area contributed by atoms with Crippen LogP contribution in [-0.4, -0.2) is 0 Å². The first-order chi connectivity index (χ1) is 11.0. The van der Waals surface area contributed by atoms with Gasteiger partial charge in [-0.2, -0.15) is 0 Å². The average molecular weight is 384 g/mol. The summed E-state index contributed by atoms with van der Waals surface area (Å²) < 4.78 is 1.07. The van der Waals surface area contributed by atoms with E-state index in [1.54, 1.807) is 0 Å². The van der Waals surface area contributed by atoms with Gasteiger partial charge in [-0.25, -0.2) is 0 Å². The van der Waals surface area contributed by atoms with Crippen molar-refractivity contribution in [3.05, 3.63) is 81.3 Å². The van der Waals surface area contributed by atoms with Crippen LogP contribution in [0.25, 0.3) is 22.3 Å². The maximum absolute atomic E-state index is 6.25. The molecule has 114 valence electrons. The van der Waals surface area contributed by atoms with E-state index in [0.29, 0.717) is 0 Å². The Morgan fingerprint density at radius 2 is 1.48 bits per heavy atom. The zero-order valence-corrected chi connectivity index (χ0v) is 15.4. The zero-order chi connectivity index (χ0) is 16.2. The fraction of sp³-hybridized carbons (Fsp3) is 0.143. The smallest absolute Gasteiger partial charge is 0.0412 e. The van der Waals surface area contributed by atoms with Crippen molar-refractivity contribution < 1.29 is 0 Å². The number of fused-ring (bicyclic) bond motifs is 3. The van der Waals surface area contributed by atoms with Gasteiger partial charge in [-0.3, -0.25) is 0 Å². The zero-order valence-electron chi connectivity index (χ0n) is 13.0. The predicted molar refractivity (Wildman–Crippen MR) is 102 cm³/mol. The summed E-state index contributed by atoms with van der Waals surface area (Å²) in [5.74, 6) is 0. The molecule has 1 aliphatic rings. The summed E-state index contributed by atoms with van der Waals surface area (Å²) in [5.41, 5.74) is 7.82. The number of hydrogen-bond donors (Lipinski definition) is 0. The Kier molecular flexibility index (Phi) is 3.40.